The van der Waals surface area contributed by atoms with Gasteiger partial charge in [0.2, 0.25) is 0 Å². The van der Waals surface area contributed by atoms with Crippen LogP contribution in [0, 0.1) is 11.3 Å². The van der Waals surface area contributed by atoms with Gasteiger partial charge in [-0.2, -0.15) is 5.26 Å². The lowest BCUT2D eigenvalue weighted by Gasteiger charge is -2.01. The summed E-state index contributed by atoms with van der Waals surface area (Å²) in [6, 6.07) is 14.4. The van der Waals surface area contributed by atoms with Crippen LogP contribution in [0.2, 0.25) is 0 Å². The maximum absolute atomic E-state index is 9.38. The summed E-state index contributed by atoms with van der Waals surface area (Å²) < 4.78 is 5.27. The first-order chi connectivity index (χ1) is 11.8. The molecule has 0 saturated heterocycles. The average molecular weight is 334 g/mol. The Morgan fingerprint density at radius 3 is 2.79 bits per heavy atom. The van der Waals surface area contributed by atoms with Crippen LogP contribution in [0.3, 0.4) is 0 Å². The molecular formula is C20H18N2OS. The number of nitriles is 1. The second-order valence-corrected chi connectivity index (χ2v) is 6.38. The van der Waals surface area contributed by atoms with Gasteiger partial charge in [-0.1, -0.05) is 37.6 Å². The second kappa shape index (κ2) is 7.76. The van der Waals surface area contributed by atoms with Gasteiger partial charge in [-0.15, -0.1) is 11.3 Å². The zero-order valence-corrected chi connectivity index (χ0v) is 14.3. The molecule has 120 valence electrons. The van der Waals surface area contributed by atoms with Crippen LogP contribution in [-0.4, -0.2) is 4.98 Å². The molecule has 3 aromatic rings. The smallest absolute Gasteiger partial charge is 0.134 e. The first kappa shape index (κ1) is 16.2. The lowest BCUT2D eigenvalue weighted by Crippen LogP contribution is -1.86. The summed E-state index contributed by atoms with van der Waals surface area (Å²) in [6.07, 6.45) is 6.84. The molecule has 1 aromatic carbocycles. The minimum absolute atomic E-state index is 0.515. The van der Waals surface area contributed by atoms with Gasteiger partial charge >= 0.3 is 0 Å². The van der Waals surface area contributed by atoms with Crippen molar-refractivity contribution in [3.8, 4) is 17.3 Å². The van der Waals surface area contributed by atoms with Gasteiger partial charge in [0.05, 0.1) is 17.5 Å². The lowest BCUT2D eigenvalue weighted by molar-refractivity contribution is 0.557. The highest BCUT2D eigenvalue weighted by molar-refractivity contribution is 7.11. The molecule has 3 rings (SSSR count). The number of thiazole rings is 1. The van der Waals surface area contributed by atoms with Crippen molar-refractivity contribution in [1.29, 1.82) is 5.26 Å². The van der Waals surface area contributed by atoms with Crippen molar-refractivity contribution in [1.82, 2.24) is 4.98 Å². The lowest BCUT2D eigenvalue weighted by atomic mass is 10.1. The molecule has 0 bridgehead atoms. The van der Waals surface area contributed by atoms with Gasteiger partial charge in [0, 0.05) is 17.0 Å². The highest BCUT2D eigenvalue weighted by Crippen LogP contribution is 2.27. The fourth-order valence-corrected chi connectivity index (χ4v) is 3.21. The Labute approximate surface area is 145 Å². The topological polar surface area (TPSA) is 49.8 Å². The number of hydrogen-bond donors (Lipinski definition) is 0. The maximum atomic E-state index is 9.38. The van der Waals surface area contributed by atoms with Gasteiger partial charge in [-0.25, -0.2) is 4.98 Å². The zero-order valence-electron chi connectivity index (χ0n) is 13.5. The molecule has 0 unspecified atom stereocenters. The van der Waals surface area contributed by atoms with Crippen molar-refractivity contribution >= 4 is 23.0 Å². The van der Waals surface area contributed by atoms with Gasteiger partial charge in [-0.05, 0) is 30.5 Å². The summed E-state index contributed by atoms with van der Waals surface area (Å²) in [5, 5.41) is 12.1. The number of rotatable bonds is 6. The fourth-order valence-electron chi connectivity index (χ4n) is 2.41. The van der Waals surface area contributed by atoms with E-state index in [2.05, 4.69) is 42.2 Å². The van der Waals surface area contributed by atoms with E-state index in [0.29, 0.717) is 16.3 Å². The van der Waals surface area contributed by atoms with Gasteiger partial charge in [0.1, 0.15) is 16.8 Å². The molecule has 2 aromatic heterocycles. The molecule has 0 aliphatic carbocycles. The van der Waals surface area contributed by atoms with Crippen molar-refractivity contribution in [3.63, 3.8) is 0 Å². The van der Waals surface area contributed by atoms with E-state index in [4.69, 9.17) is 4.42 Å². The SMILES string of the molecule is CCCCc1ccc(-c2csc(/C(C#N)=C\c3ccco3)n2)cc1. The largest absolute Gasteiger partial charge is 0.465 e. The summed E-state index contributed by atoms with van der Waals surface area (Å²) in [5.74, 6) is 0.656. The molecule has 4 heteroatoms. The third kappa shape index (κ3) is 3.81. The third-order valence-corrected chi connectivity index (χ3v) is 4.63. The monoisotopic (exact) mass is 334 g/mol. The highest BCUT2D eigenvalue weighted by atomic mass is 32.1. The number of furan rings is 1. The number of unbranched alkanes of at least 4 members (excludes halogenated alkanes) is 1. The Bertz CT molecular complexity index is 852. The van der Waals surface area contributed by atoms with Crippen LogP contribution in [0.25, 0.3) is 22.9 Å². The van der Waals surface area contributed by atoms with Crippen LogP contribution in [-0.2, 0) is 6.42 Å². The van der Waals surface area contributed by atoms with E-state index in [1.807, 2.05) is 11.4 Å². The standard InChI is InChI=1S/C20H18N2OS/c1-2-3-5-15-7-9-16(10-8-15)19-14-24-20(22-19)17(13-21)12-18-6-4-11-23-18/h4,6-12,14H,2-3,5H2,1H3/b17-12-. The molecule has 3 nitrogen and oxygen atoms in total. The van der Waals surface area contributed by atoms with E-state index >= 15 is 0 Å². The number of allylic oxidation sites excluding steroid dienone is 1. The van der Waals surface area contributed by atoms with Crippen LogP contribution in [0.15, 0.2) is 52.5 Å². The van der Waals surface area contributed by atoms with E-state index in [9.17, 15) is 5.26 Å². The molecule has 2 heterocycles. The Morgan fingerprint density at radius 1 is 1.29 bits per heavy atom. The van der Waals surface area contributed by atoms with Crippen molar-refractivity contribution in [2.24, 2.45) is 0 Å². The molecule has 24 heavy (non-hydrogen) atoms. The zero-order chi connectivity index (χ0) is 16.8. The first-order valence-corrected chi connectivity index (χ1v) is 8.88. The van der Waals surface area contributed by atoms with Crippen molar-refractivity contribution in [2.45, 2.75) is 26.2 Å². The molecule has 0 N–H and O–H groups in total. The van der Waals surface area contributed by atoms with E-state index < -0.39 is 0 Å². The Balaban J connectivity index is 1.81. The molecule has 0 amide bonds. The van der Waals surface area contributed by atoms with Crippen molar-refractivity contribution < 1.29 is 4.42 Å². The summed E-state index contributed by atoms with van der Waals surface area (Å²) in [7, 11) is 0. The Kier molecular flexibility index (Phi) is 5.25. The van der Waals surface area contributed by atoms with Gasteiger partial charge in [-0.3, -0.25) is 0 Å². The van der Waals surface area contributed by atoms with Crippen LogP contribution in [0.5, 0.6) is 0 Å². The molecule has 0 atom stereocenters. The summed E-state index contributed by atoms with van der Waals surface area (Å²) >= 11 is 1.47. The fraction of sp³-hybridized carbons (Fsp3) is 0.200. The van der Waals surface area contributed by atoms with Gasteiger partial charge in [0.15, 0.2) is 0 Å². The Hall–Kier alpha value is -2.64. The number of benzene rings is 1. The quantitative estimate of drug-likeness (QED) is 0.534. The van der Waals surface area contributed by atoms with Gasteiger partial charge < -0.3 is 4.42 Å². The molecule has 0 aliphatic rings. The van der Waals surface area contributed by atoms with Crippen LogP contribution >= 0.6 is 11.3 Å². The van der Waals surface area contributed by atoms with Crippen LogP contribution in [0.4, 0.5) is 0 Å². The van der Waals surface area contributed by atoms with E-state index in [-0.39, 0.29) is 0 Å². The predicted molar refractivity (Wildman–Crippen MR) is 98.4 cm³/mol. The van der Waals surface area contributed by atoms with E-state index in [1.54, 1.807) is 18.4 Å². The van der Waals surface area contributed by atoms with E-state index in [1.165, 1.54) is 29.7 Å². The maximum Gasteiger partial charge on any atom is 0.134 e. The summed E-state index contributed by atoms with van der Waals surface area (Å²) in [6.45, 7) is 2.20. The minimum atomic E-state index is 0.515. The third-order valence-electron chi connectivity index (χ3n) is 3.75. The van der Waals surface area contributed by atoms with Crippen molar-refractivity contribution in [3.05, 3.63) is 64.4 Å². The molecule has 0 spiro atoms. The molecule has 0 fully saturated rings. The molecule has 0 saturated carbocycles. The number of aromatic nitrogens is 1. The number of aryl methyl sites for hydroxylation is 1. The number of nitrogens with zero attached hydrogens (tertiary/aromatic N) is 2. The Morgan fingerprint density at radius 2 is 2.12 bits per heavy atom. The first-order valence-electron chi connectivity index (χ1n) is 8.00. The van der Waals surface area contributed by atoms with Crippen molar-refractivity contribution in [2.75, 3.05) is 0 Å². The summed E-state index contributed by atoms with van der Waals surface area (Å²) in [5.41, 5.74) is 3.85. The van der Waals surface area contributed by atoms with Crippen LogP contribution in [0.1, 0.15) is 36.1 Å². The predicted octanol–water partition coefficient (Wildman–Crippen LogP) is 5.81. The van der Waals surface area contributed by atoms with Crippen LogP contribution < -0.4 is 0 Å². The second-order valence-electron chi connectivity index (χ2n) is 5.52. The highest BCUT2D eigenvalue weighted by Gasteiger charge is 2.10. The average Bonchev–Trinajstić information content (AvgIpc) is 3.30. The molecular weight excluding hydrogens is 316 g/mol. The minimum Gasteiger partial charge on any atom is -0.465 e. The molecule has 0 radical (unpaired) electrons. The normalized spacial score (nSPS) is 11.4. The molecule has 0 aliphatic heterocycles. The van der Waals surface area contributed by atoms with E-state index in [0.717, 1.165) is 17.7 Å². The number of hydrogen-bond acceptors (Lipinski definition) is 4. The van der Waals surface area contributed by atoms with Gasteiger partial charge in [0.25, 0.3) is 0 Å². The summed E-state index contributed by atoms with van der Waals surface area (Å²) in [4.78, 5) is 4.61.